The van der Waals surface area contributed by atoms with Crippen molar-refractivity contribution in [1.29, 1.82) is 0 Å². The monoisotopic (exact) mass is 332 g/mol. The normalized spacial score (nSPS) is 15.5. The topological polar surface area (TPSA) is 41.6 Å². The fourth-order valence-electron chi connectivity index (χ4n) is 3.04. The number of nitrogens with one attached hydrogen (secondary N) is 1. The molecule has 1 fully saturated rings. The molecular weight excluding hydrogens is 300 g/mol. The van der Waals surface area contributed by atoms with Crippen molar-refractivity contribution in [3.63, 3.8) is 0 Å². The van der Waals surface area contributed by atoms with E-state index in [-0.39, 0.29) is 12.5 Å². The van der Waals surface area contributed by atoms with Crippen LogP contribution in [0.3, 0.4) is 0 Å². The van der Waals surface area contributed by atoms with Crippen molar-refractivity contribution >= 4 is 5.91 Å². The maximum absolute atomic E-state index is 11.9. The smallest absolute Gasteiger partial charge is 0.257 e. The largest absolute Gasteiger partial charge is 0.483 e. The van der Waals surface area contributed by atoms with Crippen LogP contribution in [0.4, 0.5) is 0 Å². The van der Waals surface area contributed by atoms with E-state index in [1.807, 2.05) is 13.0 Å². The van der Waals surface area contributed by atoms with Gasteiger partial charge in [0, 0.05) is 6.54 Å². The molecule has 134 valence electrons. The minimum absolute atomic E-state index is 0.0389. The van der Waals surface area contributed by atoms with Gasteiger partial charge in [-0.25, -0.2) is 0 Å². The number of nitrogens with zero attached hydrogens (tertiary/aromatic N) is 1. The molecule has 1 aliphatic heterocycles. The van der Waals surface area contributed by atoms with Crippen LogP contribution in [0.1, 0.15) is 56.6 Å². The molecule has 2 rings (SSSR count). The predicted molar refractivity (Wildman–Crippen MR) is 98.7 cm³/mol. The fourth-order valence-corrected chi connectivity index (χ4v) is 3.04. The van der Waals surface area contributed by atoms with Gasteiger partial charge >= 0.3 is 0 Å². The Hall–Kier alpha value is -1.55. The molecule has 0 atom stereocenters. The molecule has 0 spiro atoms. The van der Waals surface area contributed by atoms with Gasteiger partial charge in [0.2, 0.25) is 0 Å². The molecule has 0 aliphatic carbocycles. The van der Waals surface area contributed by atoms with E-state index in [4.69, 9.17) is 4.74 Å². The summed E-state index contributed by atoms with van der Waals surface area (Å²) in [5.74, 6) is 1.23. The Balaban J connectivity index is 1.66. The zero-order valence-corrected chi connectivity index (χ0v) is 15.4. The van der Waals surface area contributed by atoms with E-state index in [1.54, 1.807) is 0 Å². The summed E-state index contributed by atoms with van der Waals surface area (Å²) >= 11 is 0. The van der Waals surface area contributed by atoms with E-state index in [9.17, 15) is 4.79 Å². The number of hydrogen-bond donors (Lipinski definition) is 1. The van der Waals surface area contributed by atoms with E-state index in [0.29, 0.717) is 5.92 Å². The number of aryl methyl sites for hydroxylation is 1. The molecule has 0 bridgehead atoms. The second-order valence-electron chi connectivity index (χ2n) is 7.07. The first-order valence-corrected chi connectivity index (χ1v) is 9.28. The van der Waals surface area contributed by atoms with E-state index in [2.05, 4.69) is 36.2 Å². The van der Waals surface area contributed by atoms with Gasteiger partial charge in [0.1, 0.15) is 5.75 Å². The fraction of sp³-hybridized carbons (Fsp3) is 0.650. The molecule has 0 aromatic heterocycles. The Labute approximate surface area is 146 Å². The number of ether oxygens (including phenoxy) is 1. The van der Waals surface area contributed by atoms with Crippen LogP contribution in [-0.2, 0) is 4.79 Å². The maximum Gasteiger partial charge on any atom is 0.257 e. The molecular formula is C20H32N2O2. The molecule has 1 aromatic rings. The third-order valence-electron chi connectivity index (χ3n) is 4.66. The molecule has 0 unspecified atom stereocenters. The summed E-state index contributed by atoms with van der Waals surface area (Å²) in [6, 6.07) is 6.22. The van der Waals surface area contributed by atoms with Crippen molar-refractivity contribution in [2.45, 2.75) is 52.4 Å². The summed E-state index contributed by atoms with van der Waals surface area (Å²) in [5.41, 5.74) is 2.30. The van der Waals surface area contributed by atoms with Crippen molar-refractivity contribution in [2.24, 2.45) is 0 Å². The Morgan fingerprint density at radius 2 is 2.00 bits per heavy atom. The van der Waals surface area contributed by atoms with Crippen LogP contribution in [0, 0.1) is 6.92 Å². The number of hydrogen-bond acceptors (Lipinski definition) is 3. The molecule has 0 saturated carbocycles. The number of carbonyl (C=O) groups is 1. The second kappa shape index (κ2) is 9.67. The number of benzene rings is 1. The lowest BCUT2D eigenvalue weighted by molar-refractivity contribution is -0.123. The quantitative estimate of drug-likeness (QED) is 0.741. The minimum atomic E-state index is -0.0389. The summed E-state index contributed by atoms with van der Waals surface area (Å²) in [7, 11) is 0. The Morgan fingerprint density at radius 3 is 2.71 bits per heavy atom. The van der Waals surface area contributed by atoms with Crippen LogP contribution in [0.15, 0.2) is 18.2 Å². The number of likely N-dealkylation sites (tertiary alicyclic amines) is 1. The number of piperidine rings is 1. The molecule has 4 heteroatoms. The minimum Gasteiger partial charge on any atom is -0.483 e. The second-order valence-corrected chi connectivity index (χ2v) is 7.07. The number of amides is 1. The average molecular weight is 332 g/mol. The van der Waals surface area contributed by atoms with Gasteiger partial charge in [-0.2, -0.15) is 0 Å². The highest BCUT2D eigenvalue weighted by Gasteiger charge is 2.10. The van der Waals surface area contributed by atoms with Gasteiger partial charge in [-0.3, -0.25) is 4.79 Å². The SMILES string of the molecule is Cc1ccc(C(C)C)cc1OCC(=O)NCCCN1CCCCC1. The van der Waals surface area contributed by atoms with E-state index in [1.165, 1.54) is 37.9 Å². The molecule has 0 radical (unpaired) electrons. The standard InChI is InChI=1S/C20H32N2O2/c1-16(2)18-9-8-17(3)19(14-18)24-15-20(23)21-10-7-13-22-11-5-4-6-12-22/h8-9,14,16H,4-7,10-13,15H2,1-3H3,(H,21,23). The highest BCUT2D eigenvalue weighted by molar-refractivity contribution is 5.77. The van der Waals surface area contributed by atoms with Crippen LogP contribution in [0.25, 0.3) is 0 Å². The zero-order chi connectivity index (χ0) is 17.4. The summed E-state index contributed by atoms with van der Waals surface area (Å²) in [4.78, 5) is 14.4. The molecule has 4 nitrogen and oxygen atoms in total. The van der Waals surface area contributed by atoms with Gasteiger partial charge in [-0.1, -0.05) is 32.4 Å². The molecule has 1 saturated heterocycles. The third kappa shape index (κ3) is 6.16. The summed E-state index contributed by atoms with van der Waals surface area (Å²) in [6.07, 6.45) is 5.00. The van der Waals surface area contributed by atoms with Crippen molar-refractivity contribution in [2.75, 3.05) is 32.8 Å². The zero-order valence-electron chi connectivity index (χ0n) is 15.4. The van der Waals surface area contributed by atoms with Crippen LogP contribution >= 0.6 is 0 Å². The number of carbonyl (C=O) groups excluding carboxylic acids is 1. The Bertz CT molecular complexity index is 522. The van der Waals surface area contributed by atoms with Gasteiger partial charge < -0.3 is 15.0 Å². The van der Waals surface area contributed by atoms with Gasteiger partial charge in [-0.05, 0) is 68.9 Å². The molecule has 1 heterocycles. The molecule has 24 heavy (non-hydrogen) atoms. The first-order valence-electron chi connectivity index (χ1n) is 9.28. The van der Waals surface area contributed by atoms with Crippen LogP contribution in [-0.4, -0.2) is 43.6 Å². The van der Waals surface area contributed by atoms with Crippen molar-refractivity contribution in [3.05, 3.63) is 29.3 Å². The average Bonchev–Trinajstić information content (AvgIpc) is 2.58. The van der Waals surface area contributed by atoms with Gasteiger partial charge in [0.15, 0.2) is 6.61 Å². The highest BCUT2D eigenvalue weighted by atomic mass is 16.5. The van der Waals surface area contributed by atoms with E-state index >= 15 is 0 Å². The van der Waals surface area contributed by atoms with Gasteiger partial charge in [0.05, 0.1) is 0 Å². The Kier molecular flexibility index (Phi) is 7.57. The van der Waals surface area contributed by atoms with Crippen LogP contribution in [0.2, 0.25) is 0 Å². The van der Waals surface area contributed by atoms with Crippen LogP contribution < -0.4 is 10.1 Å². The first-order chi connectivity index (χ1) is 11.6. The Morgan fingerprint density at radius 1 is 1.25 bits per heavy atom. The van der Waals surface area contributed by atoms with Crippen LogP contribution in [0.5, 0.6) is 5.75 Å². The number of rotatable bonds is 8. The van der Waals surface area contributed by atoms with Crippen molar-refractivity contribution < 1.29 is 9.53 Å². The first kappa shape index (κ1) is 18.8. The van der Waals surface area contributed by atoms with Crippen molar-refractivity contribution in [1.82, 2.24) is 10.2 Å². The predicted octanol–water partition coefficient (Wildman–Crippen LogP) is 3.49. The maximum atomic E-state index is 11.9. The lowest BCUT2D eigenvalue weighted by atomic mass is 10.0. The van der Waals surface area contributed by atoms with E-state index in [0.717, 1.165) is 30.8 Å². The summed E-state index contributed by atoms with van der Waals surface area (Å²) in [6.45, 7) is 10.6. The highest BCUT2D eigenvalue weighted by Crippen LogP contribution is 2.24. The van der Waals surface area contributed by atoms with Crippen molar-refractivity contribution in [3.8, 4) is 5.75 Å². The lowest BCUT2D eigenvalue weighted by Gasteiger charge is -2.26. The molecule has 1 aromatic carbocycles. The lowest BCUT2D eigenvalue weighted by Crippen LogP contribution is -2.34. The van der Waals surface area contributed by atoms with E-state index < -0.39 is 0 Å². The third-order valence-corrected chi connectivity index (χ3v) is 4.66. The summed E-state index contributed by atoms with van der Waals surface area (Å²) < 4.78 is 5.71. The summed E-state index contributed by atoms with van der Waals surface area (Å²) in [5, 5.41) is 2.96. The van der Waals surface area contributed by atoms with Gasteiger partial charge in [-0.15, -0.1) is 0 Å². The molecule has 1 N–H and O–H groups in total. The molecule has 1 aliphatic rings. The van der Waals surface area contributed by atoms with Gasteiger partial charge in [0.25, 0.3) is 5.91 Å². The molecule has 1 amide bonds.